The summed E-state index contributed by atoms with van der Waals surface area (Å²) < 4.78 is 5.74. The highest BCUT2D eigenvalue weighted by molar-refractivity contribution is 6.30. The Morgan fingerprint density at radius 2 is 1.80 bits per heavy atom. The molecule has 1 aliphatic rings. The van der Waals surface area contributed by atoms with Crippen molar-refractivity contribution in [1.29, 1.82) is 0 Å². The van der Waals surface area contributed by atoms with Crippen molar-refractivity contribution >= 4 is 23.2 Å². The van der Waals surface area contributed by atoms with Gasteiger partial charge in [-0.05, 0) is 49.2 Å². The van der Waals surface area contributed by atoms with E-state index in [1.807, 2.05) is 61.2 Å². The number of anilines is 1. The molecule has 5 heteroatoms. The Hall–Kier alpha value is -2.20. The zero-order chi connectivity index (χ0) is 17.8. The molecule has 0 aliphatic carbocycles. The lowest BCUT2D eigenvalue weighted by Gasteiger charge is -2.36. The van der Waals surface area contributed by atoms with Gasteiger partial charge in [0.2, 0.25) is 0 Å². The summed E-state index contributed by atoms with van der Waals surface area (Å²) in [6, 6.07) is 13.7. The number of carbonyl (C=O) groups excluding carboxylic acids is 1. The van der Waals surface area contributed by atoms with Crippen LogP contribution in [0.25, 0.3) is 0 Å². The molecular formula is C20H23ClN2O2. The van der Waals surface area contributed by atoms with Crippen molar-refractivity contribution in [2.45, 2.75) is 13.8 Å². The van der Waals surface area contributed by atoms with Gasteiger partial charge in [-0.3, -0.25) is 4.79 Å². The zero-order valence-corrected chi connectivity index (χ0v) is 15.4. The molecule has 0 unspecified atom stereocenters. The first-order chi connectivity index (χ1) is 12.0. The van der Waals surface area contributed by atoms with E-state index in [-0.39, 0.29) is 12.5 Å². The molecule has 1 fully saturated rings. The van der Waals surface area contributed by atoms with Crippen LogP contribution in [0.3, 0.4) is 0 Å². The lowest BCUT2D eigenvalue weighted by Crippen LogP contribution is -2.50. The first-order valence-electron chi connectivity index (χ1n) is 8.52. The highest BCUT2D eigenvalue weighted by Crippen LogP contribution is 2.22. The van der Waals surface area contributed by atoms with Crippen molar-refractivity contribution in [2.75, 3.05) is 37.7 Å². The maximum absolute atomic E-state index is 12.4. The van der Waals surface area contributed by atoms with Crippen LogP contribution in [0.1, 0.15) is 11.1 Å². The van der Waals surface area contributed by atoms with Crippen LogP contribution in [0.5, 0.6) is 5.75 Å². The lowest BCUT2D eigenvalue weighted by molar-refractivity contribution is -0.133. The molecule has 0 N–H and O–H groups in total. The van der Waals surface area contributed by atoms with Crippen molar-refractivity contribution < 1.29 is 9.53 Å². The maximum atomic E-state index is 12.4. The number of aryl methyl sites for hydroxylation is 1. The number of nitrogens with zero attached hydrogens (tertiary/aromatic N) is 2. The third-order valence-corrected chi connectivity index (χ3v) is 4.95. The number of ether oxygens (including phenoxy) is 1. The van der Waals surface area contributed by atoms with Crippen molar-refractivity contribution in [1.82, 2.24) is 4.90 Å². The minimum atomic E-state index is 0.0339. The number of benzene rings is 2. The number of hydrogen-bond acceptors (Lipinski definition) is 3. The quantitative estimate of drug-likeness (QED) is 0.835. The van der Waals surface area contributed by atoms with Gasteiger partial charge in [-0.25, -0.2) is 0 Å². The maximum Gasteiger partial charge on any atom is 0.260 e. The van der Waals surface area contributed by atoms with Crippen LogP contribution >= 0.6 is 11.6 Å². The molecule has 2 aromatic rings. The summed E-state index contributed by atoms with van der Waals surface area (Å²) in [5, 5.41) is 0.734. The Balaban J connectivity index is 1.52. The van der Waals surface area contributed by atoms with E-state index < -0.39 is 0 Å². The molecule has 1 aliphatic heterocycles. The molecule has 0 spiro atoms. The minimum absolute atomic E-state index is 0.0339. The zero-order valence-electron chi connectivity index (χ0n) is 14.7. The molecule has 1 heterocycles. The summed E-state index contributed by atoms with van der Waals surface area (Å²) in [7, 11) is 0. The van der Waals surface area contributed by atoms with E-state index in [0.717, 1.165) is 35.1 Å². The number of carbonyl (C=O) groups is 1. The van der Waals surface area contributed by atoms with Gasteiger partial charge < -0.3 is 14.5 Å². The van der Waals surface area contributed by atoms with Crippen molar-refractivity contribution in [3.63, 3.8) is 0 Å². The first-order valence-corrected chi connectivity index (χ1v) is 8.89. The van der Waals surface area contributed by atoms with E-state index in [4.69, 9.17) is 16.3 Å². The average Bonchev–Trinajstić information content (AvgIpc) is 2.63. The van der Waals surface area contributed by atoms with Crippen LogP contribution < -0.4 is 9.64 Å². The highest BCUT2D eigenvalue weighted by Gasteiger charge is 2.22. The molecule has 0 radical (unpaired) electrons. The van der Waals surface area contributed by atoms with Crippen LogP contribution in [0, 0.1) is 13.8 Å². The van der Waals surface area contributed by atoms with E-state index in [9.17, 15) is 4.79 Å². The Morgan fingerprint density at radius 3 is 2.52 bits per heavy atom. The number of piperazine rings is 1. The minimum Gasteiger partial charge on any atom is -0.483 e. The third kappa shape index (κ3) is 4.26. The van der Waals surface area contributed by atoms with Gasteiger partial charge in [-0.2, -0.15) is 0 Å². The molecule has 4 nitrogen and oxygen atoms in total. The Bertz CT molecular complexity index is 755. The molecule has 1 saturated heterocycles. The van der Waals surface area contributed by atoms with Gasteiger partial charge >= 0.3 is 0 Å². The Labute approximate surface area is 154 Å². The summed E-state index contributed by atoms with van der Waals surface area (Å²) in [5.41, 5.74) is 3.35. The Kier molecular flexibility index (Phi) is 5.49. The van der Waals surface area contributed by atoms with Crippen LogP contribution in [-0.2, 0) is 4.79 Å². The third-order valence-electron chi connectivity index (χ3n) is 4.71. The van der Waals surface area contributed by atoms with E-state index in [1.54, 1.807) is 0 Å². The van der Waals surface area contributed by atoms with E-state index in [0.29, 0.717) is 13.1 Å². The normalized spacial score (nSPS) is 14.5. The SMILES string of the molecule is Cc1cccc(OCC(=O)N2CCN(c3cccc(Cl)c3)CC2)c1C. The predicted octanol–water partition coefficient (Wildman–Crippen LogP) is 3.68. The molecule has 2 aromatic carbocycles. The summed E-state index contributed by atoms with van der Waals surface area (Å²) in [4.78, 5) is 16.5. The highest BCUT2D eigenvalue weighted by atomic mass is 35.5. The largest absolute Gasteiger partial charge is 0.483 e. The fraction of sp³-hybridized carbons (Fsp3) is 0.350. The van der Waals surface area contributed by atoms with Crippen LogP contribution in [0.4, 0.5) is 5.69 Å². The first kappa shape index (κ1) is 17.6. The summed E-state index contributed by atoms with van der Waals surface area (Å²) in [6.45, 7) is 7.13. The van der Waals surface area contributed by atoms with Crippen LogP contribution in [0.2, 0.25) is 5.02 Å². The molecule has 0 aromatic heterocycles. The summed E-state index contributed by atoms with van der Waals surface area (Å²) in [6.07, 6.45) is 0. The predicted molar refractivity (Wildman–Crippen MR) is 102 cm³/mol. The summed E-state index contributed by atoms with van der Waals surface area (Å²) in [5.74, 6) is 0.817. The molecule has 0 saturated carbocycles. The van der Waals surface area contributed by atoms with Gasteiger partial charge in [0, 0.05) is 36.9 Å². The van der Waals surface area contributed by atoms with Crippen molar-refractivity contribution in [3.8, 4) is 5.75 Å². The Morgan fingerprint density at radius 1 is 1.08 bits per heavy atom. The average molecular weight is 359 g/mol. The van der Waals surface area contributed by atoms with Gasteiger partial charge in [0.1, 0.15) is 5.75 Å². The number of halogens is 1. The number of amides is 1. The topological polar surface area (TPSA) is 32.8 Å². The monoisotopic (exact) mass is 358 g/mol. The smallest absolute Gasteiger partial charge is 0.260 e. The fourth-order valence-electron chi connectivity index (χ4n) is 3.00. The molecular weight excluding hydrogens is 336 g/mol. The molecule has 3 rings (SSSR count). The molecule has 25 heavy (non-hydrogen) atoms. The van der Waals surface area contributed by atoms with Crippen LogP contribution in [0.15, 0.2) is 42.5 Å². The van der Waals surface area contributed by atoms with E-state index in [2.05, 4.69) is 4.90 Å². The van der Waals surface area contributed by atoms with E-state index >= 15 is 0 Å². The second kappa shape index (κ2) is 7.79. The fourth-order valence-corrected chi connectivity index (χ4v) is 3.18. The van der Waals surface area contributed by atoms with Gasteiger partial charge in [-0.15, -0.1) is 0 Å². The standard InChI is InChI=1S/C20H23ClN2O2/c1-15-5-3-8-19(16(15)2)25-14-20(24)23-11-9-22(10-12-23)18-7-4-6-17(21)13-18/h3-8,13H,9-12,14H2,1-2H3. The van der Waals surface area contributed by atoms with E-state index in [1.165, 1.54) is 5.56 Å². The molecule has 0 atom stereocenters. The number of rotatable bonds is 4. The van der Waals surface area contributed by atoms with Crippen LogP contribution in [-0.4, -0.2) is 43.6 Å². The van der Waals surface area contributed by atoms with Gasteiger partial charge in [-0.1, -0.05) is 29.8 Å². The molecule has 1 amide bonds. The molecule has 0 bridgehead atoms. The van der Waals surface area contributed by atoms with Crippen molar-refractivity contribution in [2.24, 2.45) is 0 Å². The lowest BCUT2D eigenvalue weighted by atomic mass is 10.1. The second-order valence-corrected chi connectivity index (χ2v) is 6.77. The van der Waals surface area contributed by atoms with Gasteiger partial charge in [0.25, 0.3) is 5.91 Å². The van der Waals surface area contributed by atoms with Gasteiger partial charge in [0.15, 0.2) is 6.61 Å². The second-order valence-electron chi connectivity index (χ2n) is 6.33. The van der Waals surface area contributed by atoms with Gasteiger partial charge in [0.05, 0.1) is 0 Å². The molecule has 132 valence electrons. The summed E-state index contributed by atoms with van der Waals surface area (Å²) >= 11 is 6.06. The number of hydrogen-bond donors (Lipinski definition) is 0. The van der Waals surface area contributed by atoms with Crippen molar-refractivity contribution in [3.05, 3.63) is 58.6 Å².